The molecule has 2 rings (SSSR count). The molecule has 1 saturated carbocycles. The normalized spacial score (nSPS) is 19.6. The first kappa shape index (κ1) is 18.7. The lowest BCUT2D eigenvalue weighted by molar-refractivity contribution is -0.168. The van der Waals surface area contributed by atoms with Crippen molar-refractivity contribution in [2.75, 3.05) is 33.4 Å². The van der Waals surface area contributed by atoms with Crippen LogP contribution in [0.2, 0.25) is 0 Å². The molecule has 1 heterocycles. The fourth-order valence-corrected chi connectivity index (χ4v) is 3.68. The average molecular weight is 341 g/mol. The van der Waals surface area contributed by atoms with Crippen molar-refractivity contribution >= 4 is 18.2 Å². The number of hydrogen-bond acceptors (Lipinski definition) is 5. The molecule has 0 aromatic heterocycles. The molecule has 0 bridgehead atoms. The van der Waals surface area contributed by atoms with Crippen LogP contribution in [0.3, 0.4) is 0 Å². The number of hydrazine groups is 1. The van der Waals surface area contributed by atoms with Crippen molar-refractivity contribution in [2.45, 2.75) is 38.5 Å². The standard InChI is InChI=1S/C16H27N3O5/c1-24-11-15(21)18-7-4-8-19(18)16(22)14(10-17(23)12-20)9-13-5-2-3-6-13/h12-14,23H,2-11H2,1H3/t14-/m1/s1. The molecule has 1 N–H and O–H groups in total. The molecule has 1 atom stereocenters. The van der Waals surface area contributed by atoms with Crippen LogP contribution in [0, 0.1) is 11.8 Å². The molecule has 1 aliphatic heterocycles. The molecular formula is C16H27N3O5. The highest BCUT2D eigenvalue weighted by atomic mass is 16.5. The second-order valence-electron chi connectivity index (χ2n) is 6.58. The molecule has 0 spiro atoms. The Balaban J connectivity index is 2.06. The summed E-state index contributed by atoms with van der Waals surface area (Å²) in [5.41, 5.74) is 0. The van der Waals surface area contributed by atoms with Crippen LogP contribution in [0.4, 0.5) is 0 Å². The zero-order chi connectivity index (χ0) is 17.5. The average Bonchev–Trinajstić information content (AvgIpc) is 3.25. The number of methoxy groups -OCH3 is 1. The predicted molar refractivity (Wildman–Crippen MR) is 84.5 cm³/mol. The van der Waals surface area contributed by atoms with Gasteiger partial charge in [0, 0.05) is 20.2 Å². The van der Waals surface area contributed by atoms with Gasteiger partial charge in [0.05, 0.1) is 12.5 Å². The Hall–Kier alpha value is -1.67. The molecule has 136 valence electrons. The number of hydrogen-bond donors (Lipinski definition) is 1. The Bertz CT molecular complexity index is 453. The number of hydroxylamine groups is 2. The molecule has 0 aromatic rings. The Morgan fingerprint density at radius 1 is 1.25 bits per heavy atom. The summed E-state index contributed by atoms with van der Waals surface area (Å²) in [6, 6.07) is 0. The van der Waals surface area contributed by atoms with Crippen molar-refractivity contribution in [1.29, 1.82) is 0 Å². The van der Waals surface area contributed by atoms with Gasteiger partial charge in [0.15, 0.2) is 0 Å². The first-order chi connectivity index (χ1) is 11.6. The number of amides is 3. The van der Waals surface area contributed by atoms with Gasteiger partial charge in [-0.25, -0.2) is 10.1 Å². The maximum absolute atomic E-state index is 12.9. The van der Waals surface area contributed by atoms with E-state index in [1.807, 2.05) is 0 Å². The summed E-state index contributed by atoms with van der Waals surface area (Å²) in [5, 5.41) is 13.0. The van der Waals surface area contributed by atoms with E-state index in [-0.39, 0.29) is 25.0 Å². The number of rotatable bonds is 8. The minimum Gasteiger partial charge on any atom is -0.375 e. The van der Waals surface area contributed by atoms with E-state index in [2.05, 4.69) is 0 Å². The summed E-state index contributed by atoms with van der Waals surface area (Å²) in [6.45, 7) is 0.849. The number of nitrogens with zero attached hydrogens (tertiary/aromatic N) is 3. The van der Waals surface area contributed by atoms with Gasteiger partial charge in [0.1, 0.15) is 6.61 Å². The molecule has 2 aliphatic rings. The van der Waals surface area contributed by atoms with Crippen LogP contribution >= 0.6 is 0 Å². The molecule has 1 saturated heterocycles. The van der Waals surface area contributed by atoms with E-state index < -0.39 is 5.92 Å². The first-order valence-corrected chi connectivity index (χ1v) is 8.58. The molecule has 3 amide bonds. The van der Waals surface area contributed by atoms with Crippen molar-refractivity contribution in [3.8, 4) is 0 Å². The van der Waals surface area contributed by atoms with Crippen molar-refractivity contribution in [2.24, 2.45) is 11.8 Å². The van der Waals surface area contributed by atoms with E-state index in [0.717, 1.165) is 25.7 Å². The third kappa shape index (κ3) is 4.67. The van der Waals surface area contributed by atoms with Crippen molar-refractivity contribution in [1.82, 2.24) is 15.1 Å². The minimum atomic E-state index is -0.501. The molecule has 0 unspecified atom stereocenters. The zero-order valence-corrected chi connectivity index (χ0v) is 14.2. The molecule has 24 heavy (non-hydrogen) atoms. The second-order valence-corrected chi connectivity index (χ2v) is 6.58. The van der Waals surface area contributed by atoms with E-state index in [4.69, 9.17) is 4.74 Å². The van der Waals surface area contributed by atoms with Crippen LogP contribution in [-0.4, -0.2) is 71.9 Å². The van der Waals surface area contributed by atoms with E-state index >= 15 is 0 Å². The fourth-order valence-electron chi connectivity index (χ4n) is 3.68. The van der Waals surface area contributed by atoms with Crippen molar-refractivity contribution in [3.63, 3.8) is 0 Å². The fraction of sp³-hybridized carbons (Fsp3) is 0.812. The highest BCUT2D eigenvalue weighted by Gasteiger charge is 2.36. The van der Waals surface area contributed by atoms with Gasteiger partial charge in [-0.15, -0.1) is 0 Å². The van der Waals surface area contributed by atoms with E-state index in [1.54, 1.807) is 0 Å². The van der Waals surface area contributed by atoms with Gasteiger partial charge < -0.3 is 4.74 Å². The van der Waals surface area contributed by atoms with Crippen LogP contribution in [0.1, 0.15) is 38.5 Å². The number of ether oxygens (including phenoxy) is 1. The van der Waals surface area contributed by atoms with Crippen molar-refractivity contribution in [3.05, 3.63) is 0 Å². The smallest absolute Gasteiger partial charge is 0.267 e. The topological polar surface area (TPSA) is 90.4 Å². The van der Waals surface area contributed by atoms with Crippen LogP contribution in [-0.2, 0) is 19.1 Å². The maximum Gasteiger partial charge on any atom is 0.267 e. The van der Waals surface area contributed by atoms with Crippen molar-refractivity contribution < 1.29 is 24.3 Å². The van der Waals surface area contributed by atoms with Crippen LogP contribution in [0.15, 0.2) is 0 Å². The lowest BCUT2D eigenvalue weighted by Gasteiger charge is -2.32. The van der Waals surface area contributed by atoms with Crippen LogP contribution in [0.5, 0.6) is 0 Å². The van der Waals surface area contributed by atoms with E-state index in [0.29, 0.717) is 43.3 Å². The molecule has 8 heteroatoms. The molecular weight excluding hydrogens is 314 g/mol. The molecule has 2 fully saturated rings. The summed E-state index contributed by atoms with van der Waals surface area (Å²) in [5.74, 6) is -0.520. The molecule has 8 nitrogen and oxygen atoms in total. The summed E-state index contributed by atoms with van der Waals surface area (Å²) < 4.78 is 4.87. The third-order valence-electron chi connectivity index (χ3n) is 4.81. The Labute approximate surface area is 142 Å². The van der Waals surface area contributed by atoms with Gasteiger partial charge in [-0.2, -0.15) is 0 Å². The van der Waals surface area contributed by atoms with Gasteiger partial charge in [0.25, 0.3) is 5.91 Å². The largest absolute Gasteiger partial charge is 0.375 e. The zero-order valence-electron chi connectivity index (χ0n) is 14.2. The Kier molecular flexibility index (Phi) is 6.99. The Morgan fingerprint density at radius 2 is 1.92 bits per heavy atom. The summed E-state index contributed by atoms with van der Waals surface area (Å²) in [4.78, 5) is 35.8. The van der Waals surface area contributed by atoms with E-state index in [1.165, 1.54) is 17.1 Å². The SMILES string of the molecule is COCC(=O)N1CCCN1C(=O)[C@H](CC1CCCC1)CN(O)C=O. The predicted octanol–water partition coefficient (Wildman–Crippen LogP) is 0.653. The number of carbonyl (C=O) groups is 3. The van der Waals surface area contributed by atoms with Crippen LogP contribution < -0.4 is 0 Å². The summed E-state index contributed by atoms with van der Waals surface area (Å²) in [7, 11) is 1.44. The minimum absolute atomic E-state index is 0.0400. The van der Waals surface area contributed by atoms with Crippen LogP contribution in [0.25, 0.3) is 0 Å². The number of carbonyl (C=O) groups excluding carboxylic acids is 3. The molecule has 1 aliphatic carbocycles. The molecule has 0 aromatic carbocycles. The lowest BCUT2D eigenvalue weighted by atomic mass is 9.92. The van der Waals surface area contributed by atoms with Gasteiger partial charge >= 0.3 is 0 Å². The first-order valence-electron chi connectivity index (χ1n) is 8.58. The summed E-state index contributed by atoms with van der Waals surface area (Å²) >= 11 is 0. The summed E-state index contributed by atoms with van der Waals surface area (Å²) in [6.07, 6.45) is 6.12. The third-order valence-corrected chi connectivity index (χ3v) is 4.81. The lowest BCUT2D eigenvalue weighted by Crippen LogP contribution is -2.50. The van der Waals surface area contributed by atoms with E-state index in [9.17, 15) is 19.6 Å². The van der Waals surface area contributed by atoms with Gasteiger partial charge in [0.2, 0.25) is 12.3 Å². The highest BCUT2D eigenvalue weighted by Crippen LogP contribution is 2.31. The van der Waals surface area contributed by atoms with Gasteiger partial charge in [-0.1, -0.05) is 25.7 Å². The van der Waals surface area contributed by atoms with Gasteiger partial charge in [-0.3, -0.25) is 24.6 Å². The highest BCUT2D eigenvalue weighted by molar-refractivity contribution is 5.84. The molecule has 0 radical (unpaired) electrons. The monoisotopic (exact) mass is 341 g/mol. The maximum atomic E-state index is 12.9. The van der Waals surface area contributed by atoms with Gasteiger partial charge in [-0.05, 0) is 18.8 Å². The Morgan fingerprint density at radius 3 is 2.54 bits per heavy atom. The second kappa shape index (κ2) is 8.98. The quantitative estimate of drug-likeness (QED) is 0.398.